The SMILES string of the molecule is Cc1c(C(=O)NC2C3CCCC2CC(N)C3)nnn1-c1cccc2cnccc12. The number of hydrogen-bond acceptors (Lipinski definition) is 5. The summed E-state index contributed by atoms with van der Waals surface area (Å²) in [5, 5.41) is 13.9. The summed E-state index contributed by atoms with van der Waals surface area (Å²) in [6.45, 7) is 1.90. The lowest BCUT2D eigenvalue weighted by atomic mass is 9.67. The molecule has 2 bridgehead atoms. The first-order valence-corrected chi connectivity index (χ1v) is 10.4. The van der Waals surface area contributed by atoms with Gasteiger partial charge in [-0.25, -0.2) is 4.68 Å². The van der Waals surface area contributed by atoms with E-state index < -0.39 is 0 Å². The average Bonchev–Trinajstić information content (AvgIpc) is 3.09. The van der Waals surface area contributed by atoms with Crippen molar-refractivity contribution < 1.29 is 4.79 Å². The lowest BCUT2D eigenvalue weighted by Crippen LogP contribution is -2.53. The van der Waals surface area contributed by atoms with Crippen molar-refractivity contribution in [1.29, 1.82) is 0 Å². The summed E-state index contributed by atoms with van der Waals surface area (Å²) in [6.07, 6.45) is 9.10. The monoisotopic (exact) mass is 390 g/mol. The number of nitrogens with two attached hydrogens (primary N) is 1. The predicted octanol–water partition coefficient (Wildman–Crippen LogP) is 2.76. The van der Waals surface area contributed by atoms with E-state index in [-0.39, 0.29) is 18.0 Å². The first-order valence-electron chi connectivity index (χ1n) is 10.4. The van der Waals surface area contributed by atoms with Crippen LogP contribution in [0.1, 0.15) is 48.3 Å². The fraction of sp³-hybridized carbons (Fsp3) is 0.455. The topological polar surface area (TPSA) is 98.7 Å². The Labute approximate surface area is 169 Å². The molecule has 0 spiro atoms. The zero-order valence-electron chi connectivity index (χ0n) is 16.6. The summed E-state index contributed by atoms with van der Waals surface area (Å²) in [5.74, 6) is 0.817. The molecule has 2 unspecified atom stereocenters. The van der Waals surface area contributed by atoms with Crippen LogP contribution < -0.4 is 11.1 Å². The smallest absolute Gasteiger partial charge is 0.274 e. The van der Waals surface area contributed by atoms with Gasteiger partial charge >= 0.3 is 0 Å². The van der Waals surface area contributed by atoms with E-state index in [0.29, 0.717) is 17.5 Å². The van der Waals surface area contributed by atoms with Crippen molar-refractivity contribution in [2.45, 2.75) is 51.1 Å². The molecule has 7 nitrogen and oxygen atoms in total. The van der Waals surface area contributed by atoms with E-state index in [4.69, 9.17) is 5.73 Å². The maximum Gasteiger partial charge on any atom is 0.274 e. The summed E-state index contributed by atoms with van der Waals surface area (Å²) in [4.78, 5) is 17.3. The molecule has 3 aromatic rings. The zero-order valence-corrected chi connectivity index (χ0v) is 16.6. The van der Waals surface area contributed by atoms with Crippen LogP contribution in [0.4, 0.5) is 0 Å². The van der Waals surface area contributed by atoms with Gasteiger partial charge in [0.15, 0.2) is 5.69 Å². The third-order valence-electron chi connectivity index (χ3n) is 6.67. The summed E-state index contributed by atoms with van der Waals surface area (Å²) in [6, 6.07) is 8.38. The molecule has 2 heterocycles. The number of rotatable bonds is 3. The molecule has 2 saturated carbocycles. The summed E-state index contributed by atoms with van der Waals surface area (Å²) >= 11 is 0. The second-order valence-electron chi connectivity index (χ2n) is 8.49. The molecular weight excluding hydrogens is 364 g/mol. The van der Waals surface area contributed by atoms with Crippen molar-refractivity contribution in [3.63, 3.8) is 0 Å². The van der Waals surface area contributed by atoms with Crippen LogP contribution >= 0.6 is 0 Å². The Balaban J connectivity index is 1.43. The van der Waals surface area contributed by atoms with Crippen LogP contribution in [0.2, 0.25) is 0 Å². The van der Waals surface area contributed by atoms with Gasteiger partial charge in [0.05, 0.1) is 11.4 Å². The lowest BCUT2D eigenvalue weighted by Gasteiger charge is -2.45. The standard InChI is InChI=1S/C22H26N6O/c1-13-20(22(29)25-21-14-4-2-5-15(21)11-17(23)10-14)26-27-28(13)19-7-3-6-16-12-24-9-8-18(16)19/h3,6-9,12,14-15,17,21H,2,4-5,10-11,23H2,1H3,(H,25,29). The highest BCUT2D eigenvalue weighted by atomic mass is 16.2. The van der Waals surface area contributed by atoms with Gasteiger partial charge in [0.1, 0.15) is 0 Å². The number of aromatic nitrogens is 4. The molecule has 2 fully saturated rings. The van der Waals surface area contributed by atoms with Gasteiger partial charge in [-0.1, -0.05) is 23.8 Å². The molecule has 0 saturated heterocycles. The third-order valence-corrected chi connectivity index (χ3v) is 6.67. The number of nitrogens with one attached hydrogen (secondary N) is 1. The first kappa shape index (κ1) is 18.2. The van der Waals surface area contributed by atoms with Crippen molar-refractivity contribution in [3.8, 4) is 5.69 Å². The fourth-order valence-corrected chi connectivity index (χ4v) is 5.30. The molecule has 1 aromatic carbocycles. The van der Waals surface area contributed by atoms with Gasteiger partial charge in [0.2, 0.25) is 0 Å². The van der Waals surface area contributed by atoms with E-state index >= 15 is 0 Å². The minimum Gasteiger partial charge on any atom is -0.347 e. The van der Waals surface area contributed by atoms with Gasteiger partial charge in [-0.15, -0.1) is 5.10 Å². The Kier molecular flexibility index (Phi) is 4.54. The van der Waals surface area contributed by atoms with E-state index in [0.717, 1.165) is 47.8 Å². The molecule has 2 aromatic heterocycles. The number of pyridine rings is 1. The average molecular weight is 390 g/mol. The molecule has 7 heteroatoms. The number of carbonyl (C=O) groups excluding carboxylic acids is 1. The molecule has 2 aliphatic carbocycles. The van der Waals surface area contributed by atoms with Gasteiger partial charge in [0.25, 0.3) is 5.91 Å². The van der Waals surface area contributed by atoms with Gasteiger partial charge in [-0.05, 0) is 56.6 Å². The fourth-order valence-electron chi connectivity index (χ4n) is 5.30. The van der Waals surface area contributed by atoms with Crippen LogP contribution in [-0.2, 0) is 0 Å². The zero-order chi connectivity index (χ0) is 20.0. The Bertz CT molecular complexity index is 1040. The molecule has 2 aliphatic rings. The van der Waals surface area contributed by atoms with E-state index in [1.165, 1.54) is 6.42 Å². The summed E-state index contributed by atoms with van der Waals surface area (Å²) in [5.41, 5.74) is 8.25. The van der Waals surface area contributed by atoms with Gasteiger partial charge < -0.3 is 11.1 Å². The number of carbonyl (C=O) groups is 1. The number of fused-ring (bicyclic) bond motifs is 3. The van der Waals surface area contributed by atoms with Crippen LogP contribution in [-0.4, -0.2) is 38.0 Å². The van der Waals surface area contributed by atoms with E-state index in [1.807, 2.05) is 37.4 Å². The van der Waals surface area contributed by atoms with Crippen molar-refractivity contribution >= 4 is 16.7 Å². The Hall–Kier alpha value is -2.80. The molecule has 150 valence electrons. The number of nitrogens with zero attached hydrogens (tertiary/aromatic N) is 4. The molecule has 0 aliphatic heterocycles. The van der Waals surface area contributed by atoms with E-state index in [9.17, 15) is 4.79 Å². The summed E-state index contributed by atoms with van der Waals surface area (Å²) < 4.78 is 1.74. The molecule has 2 atom stereocenters. The van der Waals surface area contributed by atoms with Crippen LogP contribution in [0, 0.1) is 18.8 Å². The highest BCUT2D eigenvalue weighted by molar-refractivity contribution is 5.94. The molecule has 29 heavy (non-hydrogen) atoms. The van der Waals surface area contributed by atoms with Gasteiger partial charge in [-0.3, -0.25) is 9.78 Å². The highest BCUT2D eigenvalue weighted by Crippen LogP contribution is 2.39. The number of benzene rings is 1. The molecule has 1 amide bonds. The van der Waals surface area contributed by atoms with E-state index in [2.05, 4.69) is 20.6 Å². The summed E-state index contributed by atoms with van der Waals surface area (Å²) in [7, 11) is 0. The maximum absolute atomic E-state index is 13.1. The quantitative estimate of drug-likeness (QED) is 0.716. The Morgan fingerprint density at radius 3 is 2.79 bits per heavy atom. The van der Waals surface area contributed by atoms with Crippen molar-refractivity contribution in [3.05, 3.63) is 48.0 Å². The number of hydrogen-bond donors (Lipinski definition) is 2. The Morgan fingerprint density at radius 2 is 2.00 bits per heavy atom. The van der Waals surface area contributed by atoms with Crippen LogP contribution in [0.5, 0.6) is 0 Å². The minimum absolute atomic E-state index is 0.131. The van der Waals surface area contributed by atoms with Crippen molar-refractivity contribution in [2.75, 3.05) is 0 Å². The molecule has 3 N–H and O–H groups in total. The molecule has 5 rings (SSSR count). The van der Waals surface area contributed by atoms with Crippen LogP contribution in [0.25, 0.3) is 16.5 Å². The predicted molar refractivity (Wildman–Crippen MR) is 111 cm³/mol. The normalized spacial score (nSPS) is 26.4. The third kappa shape index (κ3) is 3.19. The first-order chi connectivity index (χ1) is 14.1. The van der Waals surface area contributed by atoms with Gasteiger partial charge in [-0.2, -0.15) is 0 Å². The number of amides is 1. The lowest BCUT2D eigenvalue weighted by molar-refractivity contribution is 0.0751. The molecular formula is C22H26N6O. The minimum atomic E-state index is -0.131. The Morgan fingerprint density at radius 1 is 1.21 bits per heavy atom. The second kappa shape index (κ2) is 7.22. The molecule has 0 radical (unpaired) electrons. The van der Waals surface area contributed by atoms with Crippen LogP contribution in [0.15, 0.2) is 36.7 Å². The highest BCUT2D eigenvalue weighted by Gasteiger charge is 2.40. The van der Waals surface area contributed by atoms with Crippen molar-refractivity contribution in [1.82, 2.24) is 25.3 Å². The largest absolute Gasteiger partial charge is 0.347 e. The van der Waals surface area contributed by atoms with Crippen molar-refractivity contribution in [2.24, 2.45) is 17.6 Å². The van der Waals surface area contributed by atoms with Gasteiger partial charge in [0, 0.05) is 35.2 Å². The van der Waals surface area contributed by atoms with E-state index in [1.54, 1.807) is 10.9 Å². The second-order valence-corrected chi connectivity index (χ2v) is 8.49. The maximum atomic E-state index is 13.1. The van der Waals surface area contributed by atoms with Crippen LogP contribution in [0.3, 0.4) is 0 Å².